The van der Waals surface area contributed by atoms with Crippen LogP contribution in [0.4, 0.5) is 28.1 Å². The molecule has 1 amide bonds. The number of amidine groups is 1. The Balaban J connectivity index is 1.18. The number of aromatic nitrogens is 4. The number of anilines is 4. The van der Waals surface area contributed by atoms with Crippen LogP contribution in [0, 0.1) is 0 Å². The number of piperazine rings is 1. The number of methoxy groups -OCH3 is 1. The van der Waals surface area contributed by atoms with Crippen LogP contribution in [-0.4, -0.2) is 88.7 Å². The van der Waals surface area contributed by atoms with Gasteiger partial charge in [0.15, 0.2) is 0 Å². The van der Waals surface area contributed by atoms with Gasteiger partial charge in [0.1, 0.15) is 28.8 Å². The SMILES string of the molecule is COc1nc(N2CCN(C(=O)OC(C)(C)C)CC2)ccc1Nc1ncc2c(n1)N1CCN=C1C(c1ccccn1)=C2. The first-order chi connectivity index (χ1) is 19.8. The second-order valence-corrected chi connectivity index (χ2v) is 10.9. The van der Waals surface area contributed by atoms with E-state index in [4.69, 9.17) is 24.4 Å². The molecule has 3 aliphatic rings. The van der Waals surface area contributed by atoms with Gasteiger partial charge in [-0.3, -0.25) is 9.98 Å². The summed E-state index contributed by atoms with van der Waals surface area (Å²) < 4.78 is 11.1. The molecule has 0 atom stereocenters. The van der Waals surface area contributed by atoms with E-state index in [0.29, 0.717) is 50.2 Å². The number of nitrogens with one attached hydrogen (secondary N) is 1. The molecule has 1 fully saturated rings. The van der Waals surface area contributed by atoms with Crippen molar-refractivity contribution < 1.29 is 14.3 Å². The number of aliphatic imine (C=N–C) groups is 1. The summed E-state index contributed by atoms with van der Waals surface area (Å²) in [7, 11) is 1.59. The fraction of sp³-hybridized carbons (Fsp3) is 0.379. The highest BCUT2D eigenvalue weighted by molar-refractivity contribution is 6.35. The maximum atomic E-state index is 12.4. The first-order valence-electron chi connectivity index (χ1n) is 13.7. The molecule has 0 bridgehead atoms. The van der Waals surface area contributed by atoms with Crippen LogP contribution in [0.3, 0.4) is 0 Å². The highest BCUT2D eigenvalue weighted by Gasteiger charge is 2.31. The highest BCUT2D eigenvalue weighted by Crippen LogP contribution is 2.35. The average Bonchev–Trinajstić information content (AvgIpc) is 3.47. The Kier molecular flexibility index (Phi) is 6.90. The molecule has 212 valence electrons. The molecule has 12 nitrogen and oxygen atoms in total. The number of carbonyl (C=O) groups excluding carboxylic acids is 1. The monoisotopic (exact) mass is 555 g/mol. The van der Waals surface area contributed by atoms with Gasteiger partial charge in [-0.2, -0.15) is 9.97 Å². The van der Waals surface area contributed by atoms with Gasteiger partial charge in [0, 0.05) is 56.3 Å². The van der Waals surface area contributed by atoms with Crippen LogP contribution < -0.4 is 19.9 Å². The average molecular weight is 556 g/mol. The molecule has 3 aromatic heterocycles. The maximum absolute atomic E-state index is 12.4. The summed E-state index contributed by atoms with van der Waals surface area (Å²) in [5.41, 5.74) is 2.88. The molecule has 6 heterocycles. The number of pyridine rings is 2. The molecule has 1 saturated heterocycles. The minimum Gasteiger partial charge on any atom is -0.479 e. The van der Waals surface area contributed by atoms with Crippen LogP contribution in [0.1, 0.15) is 32.0 Å². The van der Waals surface area contributed by atoms with E-state index < -0.39 is 5.60 Å². The van der Waals surface area contributed by atoms with E-state index in [9.17, 15) is 4.79 Å². The largest absolute Gasteiger partial charge is 0.479 e. The van der Waals surface area contributed by atoms with E-state index in [0.717, 1.165) is 40.8 Å². The smallest absolute Gasteiger partial charge is 0.410 e. The van der Waals surface area contributed by atoms with Crippen molar-refractivity contribution in [3.63, 3.8) is 0 Å². The van der Waals surface area contributed by atoms with Gasteiger partial charge < -0.3 is 29.5 Å². The van der Waals surface area contributed by atoms with Crippen molar-refractivity contribution in [3.8, 4) is 5.88 Å². The maximum Gasteiger partial charge on any atom is 0.410 e. The van der Waals surface area contributed by atoms with E-state index in [1.807, 2.05) is 57.2 Å². The van der Waals surface area contributed by atoms with Crippen LogP contribution in [0.25, 0.3) is 11.6 Å². The molecule has 0 radical (unpaired) electrons. The fourth-order valence-corrected chi connectivity index (χ4v) is 5.00. The van der Waals surface area contributed by atoms with Crippen LogP contribution in [-0.2, 0) is 4.74 Å². The quantitative estimate of drug-likeness (QED) is 0.497. The van der Waals surface area contributed by atoms with Crippen LogP contribution >= 0.6 is 0 Å². The first-order valence-corrected chi connectivity index (χ1v) is 13.7. The molecule has 0 spiro atoms. The van der Waals surface area contributed by atoms with E-state index >= 15 is 0 Å². The van der Waals surface area contributed by atoms with Gasteiger partial charge in [0.25, 0.3) is 0 Å². The van der Waals surface area contributed by atoms with Crippen LogP contribution in [0.2, 0.25) is 0 Å². The topological polar surface area (TPSA) is 121 Å². The van der Waals surface area contributed by atoms with Crippen molar-refractivity contribution in [2.45, 2.75) is 26.4 Å². The second-order valence-electron chi connectivity index (χ2n) is 10.9. The molecule has 12 heteroatoms. The predicted octanol–water partition coefficient (Wildman–Crippen LogP) is 3.85. The summed E-state index contributed by atoms with van der Waals surface area (Å²) in [6, 6.07) is 9.69. The Labute approximate surface area is 238 Å². The third-order valence-corrected chi connectivity index (χ3v) is 6.91. The lowest BCUT2D eigenvalue weighted by Crippen LogP contribution is -2.50. The van der Waals surface area contributed by atoms with E-state index in [-0.39, 0.29) is 6.09 Å². The molecule has 41 heavy (non-hydrogen) atoms. The zero-order valence-electron chi connectivity index (χ0n) is 23.7. The summed E-state index contributed by atoms with van der Waals surface area (Å²) >= 11 is 0. The number of ether oxygens (including phenoxy) is 2. The number of rotatable bonds is 5. The minimum atomic E-state index is -0.516. The van der Waals surface area contributed by atoms with Gasteiger partial charge in [0.2, 0.25) is 11.8 Å². The zero-order chi connectivity index (χ0) is 28.6. The van der Waals surface area contributed by atoms with Gasteiger partial charge in [-0.25, -0.2) is 9.78 Å². The second kappa shape index (κ2) is 10.7. The molecule has 0 saturated carbocycles. The van der Waals surface area contributed by atoms with Crippen molar-refractivity contribution in [3.05, 3.63) is 54.0 Å². The summed E-state index contributed by atoms with van der Waals surface area (Å²) in [5, 5.41) is 3.27. The molecule has 1 N–H and O–H groups in total. The van der Waals surface area contributed by atoms with Crippen molar-refractivity contribution in [1.82, 2.24) is 24.8 Å². The third-order valence-electron chi connectivity index (χ3n) is 6.91. The van der Waals surface area contributed by atoms with Crippen LogP contribution in [0.15, 0.2) is 47.7 Å². The van der Waals surface area contributed by atoms with Crippen LogP contribution in [0.5, 0.6) is 5.88 Å². The predicted molar refractivity (Wildman–Crippen MR) is 158 cm³/mol. The molecule has 0 aromatic carbocycles. The molecular weight excluding hydrogens is 522 g/mol. The standard InChI is InChI=1S/C29H33N9O3/c1-29(2,3)41-28(39)37-15-13-36(14-16-37)23-9-8-22(26(34-23)40-4)33-27-32-18-19-17-20(21-7-5-6-10-30-21)25-31-11-12-38(25)24(19)35-27/h5-10,17-18H,11-16H2,1-4H3,(H,32,33,35). The van der Waals surface area contributed by atoms with Gasteiger partial charge in [-0.05, 0) is 51.1 Å². The van der Waals surface area contributed by atoms with Crippen molar-refractivity contribution in [2.75, 3.05) is 61.5 Å². The lowest BCUT2D eigenvalue weighted by molar-refractivity contribution is 0.0240. The Bertz CT molecular complexity index is 1510. The molecule has 0 aliphatic carbocycles. The molecule has 3 aromatic rings. The summed E-state index contributed by atoms with van der Waals surface area (Å²) in [6.45, 7) is 9.44. The zero-order valence-corrected chi connectivity index (χ0v) is 23.7. The van der Waals surface area contributed by atoms with Crippen molar-refractivity contribution >= 4 is 46.8 Å². The number of fused-ring (bicyclic) bond motifs is 3. The summed E-state index contributed by atoms with van der Waals surface area (Å²) in [5.74, 6) is 3.30. The van der Waals surface area contributed by atoms with Crippen molar-refractivity contribution in [2.24, 2.45) is 4.99 Å². The molecule has 3 aliphatic heterocycles. The summed E-state index contributed by atoms with van der Waals surface area (Å²) in [6.07, 6.45) is 5.34. The molecule has 6 rings (SSSR count). The Morgan fingerprint density at radius 2 is 1.83 bits per heavy atom. The Hall–Kier alpha value is -4.74. The van der Waals surface area contributed by atoms with Gasteiger partial charge in [-0.1, -0.05) is 6.07 Å². The highest BCUT2D eigenvalue weighted by atomic mass is 16.6. The van der Waals surface area contributed by atoms with E-state index in [1.54, 1.807) is 24.4 Å². The van der Waals surface area contributed by atoms with E-state index in [2.05, 4.69) is 25.1 Å². The van der Waals surface area contributed by atoms with Gasteiger partial charge in [-0.15, -0.1) is 0 Å². The fourth-order valence-electron chi connectivity index (χ4n) is 5.00. The minimum absolute atomic E-state index is 0.289. The number of nitrogens with zero attached hydrogens (tertiary/aromatic N) is 8. The van der Waals surface area contributed by atoms with Gasteiger partial charge in [0.05, 0.1) is 19.3 Å². The Morgan fingerprint density at radius 1 is 1.00 bits per heavy atom. The lowest BCUT2D eigenvalue weighted by Gasteiger charge is -2.36. The normalized spacial score (nSPS) is 16.4. The lowest BCUT2D eigenvalue weighted by atomic mass is 10.0. The number of hydrogen-bond donors (Lipinski definition) is 1. The number of hydrogen-bond acceptors (Lipinski definition) is 11. The molecule has 0 unspecified atom stereocenters. The molecular formula is C29H33N9O3. The Morgan fingerprint density at radius 3 is 2.56 bits per heavy atom. The summed E-state index contributed by atoms with van der Waals surface area (Å²) in [4.78, 5) is 41.8. The third kappa shape index (κ3) is 5.49. The first kappa shape index (κ1) is 26.5. The van der Waals surface area contributed by atoms with Crippen molar-refractivity contribution in [1.29, 1.82) is 0 Å². The van der Waals surface area contributed by atoms with Gasteiger partial charge >= 0.3 is 6.09 Å². The number of amides is 1. The van der Waals surface area contributed by atoms with E-state index in [1.165, 1.54) is 0 Å². The number of carbonyl (C=O) groups is 1.